The predicted octanol–water partition coefficient (Wildman–Crippen LogP) is 2.85. The Kier molecular flexibility index (Phi) is 5.63. The van der Waals surface area contributed by atoms with Crippen LogP contribution in [0.2, 0.25) is 0 Å². The normalized spacial score (nSPS) is 22.8. The number of halogens is 4. The smallest absolute Gasteiger partial charge is 0.387 e. The lowest BCUT2D eigenvalue weighted by atomic mass is 10.1. The van der Waals surface area contributed by atoms with Gasteiger partial charge in [-0.1, -0.05) is 0 Å². The molecule has 3 fully saturated rings. The van der Waals surface area contributed by atoms with Crippen molar-refractivity contribution in [2.24, 2.45) is 0 Å². The fourth-order valence-electron chi connectivity index (χ4n) is 4.76. The summed E-state index contributed by atoms with van der Waals surface area (Å²) in [4.78, 5) is 19.1. The molecule has 2 aromatic rings. The lowest BCUT2D eigenvalue weighted by molar-refractivity contribution is -0.0494. The molecular weight excluding hydrogens is 442 g/mol. The third kappa shape index (κ3) is 4.61. The highest BCUT2D eigenvalue weighted by Gasteiger charge is 2.40. The zero-order valence-corrected chi connectivity index (χ0v) is 17.9. The Morgan fingerprint density at radius 1 is 1.09 bits per heavy atom. The van der Waals surface area contributed by atoms with Gasteiger partial charge in [0.25, 0.3) is 5.92 Å². The van der Waals surface area contributed by atoms with E-state index in [-0.39, 0.29) is 30.5 Å². The molecule has 5 rings (SSSR count). The minimum atomic E-state index is -3.06. The van der Waals surface area contributed by atoms with Gasteiger partial charge in [0.15, 0.2) is 11.6 Å². The van der Waals surface area contributed by atoms with Gasteiger partial charge in [-0.25, -0.2) is 18.7 Å². The van der Waals surface area contributed by atoms with Gasteiger partial charge in [-0.05, 0) is 25.5 Å². The zero-order valence-electron chi connectivity index (χ0n) is 17.9. The van der Waals surface area contributed by atoms with Crippen molar-refractivity contribution in [1.29, 1.82) is 0 Å². The van der Waals surface area contributed by atoms with Crippen LogP contribution in [0.5, 0.6) is 5.75 Å². The fourth-order valence-corrected chi connectivity index (χ4v) is 4.76. The molecular formula is C21H25F4N7O. The van der Waals surface area contributed by atoms with E-state index in [2.05, 4.69) is 29.5 Å². The van der Waals surface area contributed by atoms with Crippen molar-refractivity contribution in [1.82, 2.24) is 19.9 Å². The van der Waals surface area contributed by atoms with E-state index in [1.54, 1.807) is 6.07 Å². The van der Waals surface area contributed by atoms with Crippen LogP contribution in [0.25, 0.3) is 11.3 Å². The van der Waals surface area contributed by atoms with E-state index >= 15 is 0 Å². The number of nitrogens with two attached hydrogens (primary N) is 1. The Bertz CT molecular complexity index is 1020. The maximum atomic E-state index is 13.9. The summed E-state index contributed by atoms with van der Waals surface area (Å²) < 4.78 is 57.8. The van der Waals surface area contributed by atoms with E-state index in [1.807, 2.05) is 0 Å². The van der Waals surface area contributed by atoms with Gasteiger partial charge in [-0.15, -0.1) is 0 Å². The Hall–Kier alpha value is -2.89. The topological polar surface area (TPSA) is 83.6 Å². The third-order valence-electron chi connectivity index (χ3n) is 6.46. The van der Waals surface area contributed by atoms with Crippen LogP contribution in [0.15, 0.2) is 18.3 Å². The first-order chi connectivity index (χ1) is 15.8. The van der Waals surface area contributed by atoms with Crippen LogP contribution < -0.4 is 20.3 Å². The molecule has 0 radical (unpaired) electrons. The van der Waals surface area contributed by atoms with Crippen molar-refractivity contribution in [3.8, 4) is 17.0 Å². The summed E-state index contributed by atoms with van der Waals surface area (Å²) in [6, 6.07) is 3.50. The van der Waals surface area contributed by atoms with Gasteiger partial charge in [0.05, 0.1) is 12.2 Å². The molecule has 5 heterocycles. The van der Waals surface area contributed by atoms with Gasteiger partial charge < -0.3 is 20.3 Å². The molecule has 0 bridgehead atoms. The Morgan fingerprint density at radius 3 is 2.70 bits per heavy atom. The molecule has 3 aliphatic heterocycles. The molecule has 0 saturated carbocycles. The first kappa shape index (κ1) is 21.9. The van der Waals surface area contributed by atoms with Gasteiger partial charge in [0.2, 0.25) is 5.95 Å². The maximum Gasteiger partial charge on any atom is 0.387 e. The molecule has 0 spiro atoms. The largest absolute Gasteiger partial charge is 0.431 e. The number of ether oxygens (including phenoxy) is 1. The lowest BCUT2D eigenvalue weighted by Gasteiger charge is -2.38. The second-order valence-electron chi connectivity index (χ2n) is 8.70. The maximum absolute atomic E-state index is 13.9. The summed E-state index contributed by atoms with van der Waals surface area (Å²) in [5.41, 5.74) is 6.43. The first-order valence-electron chi connectivity index (χ1n) is 11.0. The summed E-state index contributed by atoms with van der Waals surface area (Å²) >= 11 is 0. The molecule has 0 amide bonds. The number of aromatic nitrogens is 3. The van der Waals surface area contributed by atoms with Crippen LogP contribution in [0.4, 0.5) is 35.1 Å². The van der Waals surface area contributed by atoms with Gasteiger partial charge in [0.1, 0.15) is 5.82 Å². The van der Waals surface area contributed by atoms with Gasteiger partial charge in [0, 0.05) is 56.5 Å². The van der Waals surface area contributed by atoms with Crippen molar-refractivity contribution in [3.63, 3.8) is 0 Å². The summed E-state index contributed by atoms with van der Waals surface area (Å²) in [7, 11) is 0. The number of pyridine rings is 1. The molecule has 2 N–H and O–H groups in total. The molecule has 12 heteroatoms. The molecule has 0 aromatic carbocycles. The average molecular weight is 467 g/mol. The van der Waals surface area contributed by atoms with E-state index in [0.717, 1.165) is 39.0 Å². The summed E-state index contributed by atoms with van der Waals surface area (Å²) in [6.45, 7) is 0.129. The molecule has 8 nitrogen and oxygen atoms in total. The van der Waals surface area contributed by atoms with Crippen molar-refractivity contribution >= 4 is 17.6 Å². The number of piperazine rings is 1. The highest BCUT2D eigenvalue weighted by atomic mass is 19.3. The van der Waals surface area contributed by atoms with Crippen LogP contribution in [0.3, 0.4) is 0 Å². The highest BCUT2D eigenvalue weighted by molar-refractivity contribution is 5.68. The number of fused-ring (bicyclic) bond motifs is 1. The average Bonchev–Trinajstić information content (AvgIpc) is 3.40. The molecule has 3 aliphatic rings. The standard InChI is InChI=1S/C21H25F4N7O/c22-19(23)33-16-8-13(10-27-18(16)26)15-9-17(31-7-6-30-4-1-2-14(30)11-31)29-20(28-15)32-5-3-21(24,25)12-32/h8-10,14,19H,1-7,11-12H2,(H2,26,27)/t14-/m0/s1. The van der Waals surface area contributed by atoms with E-state index in [9.17, 15) is 17.6 Å². The summed E-state index contributed by atoms with van der Waals surface area (Å²) in [5.74, 6) is -2.45. The van der Waals surface area contributed by atoms with Crippen molar-refractivity contribution in [2.45, 2.75) is 37.8 Å². The molecule has 33 heavy (non-hydrogen) atoms. The Morgan fingerprint density at radius 2 is 1.94 bits per heavy atom. The Balaban J connectivity index is 1.52. The number of hydrogen-bond donors (Lipinski definition) is 1. The summed E-state index contributed by atoms with van der Waals surface area (Å²) in [6.07, 6.45) is 3.39. The number of hydrogen-bond acceptors (Lipinski definition) is 8. The third-order valence-corrected chi connectivity index (χ3v) is 6.46. The first-order valence-corrected chi connectivity index (χ1v) is 11.0. The van der Waals surface area contributed by atoms with E-state index in [1.165, 1.54) is 17.2 Å². The van der Waals surface area contributed by atoms with Crippen molar-refractivity contribution in [2.75, 3.05) is 54.8 Å². The van der Waals surface area contributed by atoms with Crippen LogP contribution in [-0.4, -0.2) is 77.7 Å². The minimum Gasteiger partial charge on any atom is -0.431 e. The van der Waals surface area contributed by atoms with Crippen molar-refractivity contribution < 1.29 is 22.3 Å². The quantitative estimate of drug-likeness (QED) is 0.673. The predicted molar refractivity (Wildman–Crippen MR) is 115 cm³/mol. The SMILES string of the molecule is Nc1ncc(-c2cc(N3CCN4CCC[C@H]4C3)nc(N3CCC(F)(F)C3)n2)cc1OC(F)F. The zero-order chi connectivity index (χ0) is 23.2. The van der Waals surface area contributed by atoms with E-state index in [4.69, 9.17) is 5.73 Å². The number of nitrogen functional groups attached to an aromatic ring is 1. The van der Waals surface area contributed by atoms with Gasteiger partial charge in [-0.3, -0.25) is 4.90 Å². The molecule has 3 saturated heterocycles. The van der Waals surface area contributed by atoms with Crippen LogP contribution in [0.1, 0.15) is 19.3 Å². The van der Waals surface area contributed by atoms with Crippen LogP contribution in [0, 0.1) is 0 Å². The van der Waals surface area contributed by atoms with E-state index < -0.39 is 19.1 Å². The van der Waals surface area contributed by atoms with E-state index in [0.29, 0.717) is 23.1 Å². The number of nitrogens with zero attached hydrogens (tertiary/aromatic N) is 6. The second kappa shape index (κ2) is 8.47. The highest BCUT2D eigenvalue weighted by Crippen LogP contribution is 2.34. The molecule has 0 unspecified atom stereocenters. The summed E-state index contributed by atoms with van der Waals surface area (Å²) in [5, 5.41) is 0. The lowest BCUT2D eigenvalue weighted by Crippen LogP contribution is -2.50. The monoisotopic (exact) mass is 467 g/mol. The number of rotatable bonds is 5. The van der Waals surface area contributed by atoms with Gasteiger partial charge in [-0.2, -0.15) is 13.8 Å². The van der Waals surface area contributed by atoms with Crippen LogP contribution in [-0.2, 0) is 0 Å². The second-order valence-corrected chi connectivity index (χ2v) is 8.70. The minimum absolute atomic E-state index is 0.131. The van der Waals surface area contributed by atoms with Crippen molar-refractivity contribution in [3.05, 3.63) is 18.3 Å². The Labute approximate surface area is 188 Å². The molecule has 2 aromatic heterocycles. The van der Waals surface area contributed by atoms with Gasteiger partial charge >= 0.3 is 6.61 Å². The fraction of sp³-hybridized carbons (Fsp3) is 0.571. The number of anilines is 3. The molecule has 0 aliphatic carbocycles. The van der Waals surface area contributed by atoms with Crippen LogP contribution >= 0.6 is 0 Å². The number of alkyl halides is 4. The molecule has 1 atom stereocenters. The molecule has 178 valence electrons.